The first-order valence-electron chi connectivity index (χ1n) is 20.4. The number of aliphatic hydroxyl groups is 3. The molecule has 0 aromatic carbocycles. The molecule has 3 N–H and O–H groups in total. The summed E-state index contributed by atoms with van der Waals surface area (Å²) in [6.07, 6.45) is -2.83. The van der Waals surface area contributed by atoms with E-state index in [1.54, 1.807) is 0 Å². The van der Waals surface area contributed by atoms with Crippen LogP contribution in [0.2, 0.25) is 0 Å². The zero-order valence-corrected chi connectivity index (χ0v) is 38.6. The second-order valence-electron chi connectivity index (χ2n) is 22.5. The van der Waals surface area contributed by atoms with Crippen molar-refractivity contribution in [2.24, 2.45) is 50.2 Å². The molecule has 0 aliphatic carbocycles. The maximum Gasteiger partial charge on any atom is 0.309 e. The van der Waals surface area contributed by atoms with Gasteiger partial charge in [0, 0.05) is 0 Å². The Kier molecular flexibility index (Phi) is 21.8. The highest BCUT2D eigenvalue weighted by atomic mass is 16.7. The molecule has 0 rings (SSSR count). The van der Waals surface area contributed by atoms with Gasteiger partial charge in [-0.3, -0.25) is 14.4 Å². The van der Waals surface area contributed by atoms with Crippen LogP contribution in [-0.2, 0) is 42.8 Å². The van der Waals surface area contributed by atoms with Gasteiger partial charge in [-0.05, 0) is 51.8 Å². The van der Waals surface area contributed by atoms with Crippen LogP contribution in [0.25, 0.3) is 0 Å². The number of carbonyl (C=O) groups is 3. The Morgan fingerprint density at radius 3 is 0.875 bits per heavy atom. The molecule has 12 nitrogen and oxygen atoms in total. The van der Waals surface area contributed by atoms with E-state index in [-0.39, 0.29) is 102 Å². The molecule has 0 bridgehead atoms. The van der Waals surface area contributed by atoms with Gasteiger partial charge in [-0.15, -0.1) is 0 Å². The number of hydrogen-bond donors (Lipinski definition) is 3. The lowest BCUT2D eigenvalue weighted by Crippen LogP contribution is -2.38. The van der Waals surface area contributed by atoms with Crippen molar-refractivity contribution in [3.05, 3.63) is 0 Å². The second kappa shape index (κ2) is 22.5. The first-order chi connectivity index (χ1) is 25.0. The zero-order valence-electron chi connectivity index (χ0n) is 38.6. The average Bonchev–Trinajstić information content (AvgIpc) is 2.99. The monoisotopic (exact) mass is 805 g/mol. The van der Waals surface area contributed by atoms with E-state index in [9.17, 15) is 29.7 Å². The van der Waals surface area contributed by atoms with E-state index in [4.69, 9.17) is 28.4 Å². The first-order valence-corrected chi connectivity index (χ1v) is 20.4. The number of ether oxygens (including phenoxy) is 6. The quantitative estimate of drug-likeness (QED) is 0.0566. The third-order valence-electron chi connectivity index (χ3n) is 9.21. The van der Waals surface area contributed by atoms with Gasteiger partial charge in [-0.2, -0.15) is 0 Å². The summed E-state index contributed by atoms with van der Waals surface area (Å²) in [6.45, 7) is 34.4. The number of carbonyl (C=O) groups excluding carboxylic acids is 3. The summed E-state index contributed by atoms with van der Waals surface area (Å²) in [5.74, 6) is -2.33. The predicted molar refractivity (Wildman–Crippen MR) is 218 cm³/mol. The van der Waals surface area contributed by atoms with Gasteiger partial charge in [-0.1, -0.05) is 125 Å². The maximum absolute atomic E-state index is 13.1. The zero-order chi connectivity index (χ0) is 44.1. The summed E-state index contributed by atoms with van der Waals surface area (Å²) in [6, 6.07) is 0. The fraction of sp³-hybridized carbons (Fsp3) is 0.932. The van der Waals surface area contributed by atoms with E-state index in [1.807, 2.05) is 62.3 Å². The van der Waals surface area contributed by atoms with Crippen LogP contribution in [0.4, 0.5) is 0 Å². The summed E-state index contributed by atoms with van der Waals surface area (Å²) in [5.41, 5.74) is -1.34. The molecule has 0 aromatic rings. The summed E-state index contributed by atoms with van der Waals surface area (Å²) in [4.78, 5) is 39.2. The maximum atomic E-state index is 13.1. The Balaban J connectivity index is 5.54. The van der Waals surface area contributed by atoms with Crippen molar-refractivity contribution in [2.75, 3.05) is 46.2 Å². The molecule has 6 atom stereocenters. The highest BCUT2D eigenvalue weighted by molar-refractivity contribution is 5.74. The molecular weight excluding hydrogens is 720 g/mol. The number of aliphatic hydroxyl groups excluding tert-OH is 3. The molecule has 0 saturated carbocycles. The molecule has 0 saturated heterocycles. The van der Waals surface area contributed by atoms with E-state index in [0.29, 0.717) is 19.3 Å². The molecular formula is C44H84O12. The van der Waals surface area contributed by atoms with E-state index in [2.05, 4.69) is 62.3 Å². The first kappa shape index (κ1) is 54.2. The lowest BCUT2D eigenvalue weighted by atomic mass is 9.72. The van der Waals surface area contributed by atoms with Crippen molar-refractivity contribution >= 4 is 17.9 Å². The van der Waals surface area contributed by atoms with Gasteiger partial charge in [0.05, 0.1) is 44.2 Å². The number of hydrogen-bond acceptors (Lipinski definition) is 12. The van der Waals surface area contributed by atoms with Crippen LogP contribution >= 0.6 is 0 Å². The van der Waals surface area contributed by atoms with E-state index in [1.165, 1.54) is 0 Å². The predicted octanol–water partition coefficient (Wildman–Crippen LogP) is 7.37. The van der Waals surface area contributed by atoms with E-state index >= 15 is 0 Å². The molecule has 0 heterocycles. The fourth-order valence-corrected chi connectivity index (χ4v) is 5.93. The Morgan fingerprint density at radius 2 is 0.643 bits per heavy atom. The van der Waals surface area contributed by atoms with Crippen LogP contribution in [0, 0.1) is 50.2 Å². The molecule has 12 heteroatoms. The molecule has 0 spiro atoms. The van der Waals surface area contributed by atoms with Gasteiger partial charge >= 0.3 is 17.9 Å². The molecule has 0 aromatic heterocycles. The molecule has 332 valence electrons. The highest BCUT2D eigenvalue weighted by Gasteiger charge is 2.38. The van der Waals surface area contributed by atoms with E-state index in [0.717, 1.165) is 0 Å². The second-order valence-corrected chi connectivity index (χ2v) is 22.5. The molecule has 0 aliphatic heterocycles. The van der Waals surface area contributed by atoms with Crippen LogP contribution in [0.5, 0.6) is 0 Å². The van der Waals surface area contributed by atoms with Crippen LogP contribution in [0.3, 0.4) is 0 Å². The standard InChI is InChI=1S/C44H84O12/c1-39(2,3)19-32(42(10,11)12)36(48)54-25-29(45)22-51-28-35(52-23-30(46)26-55-37(49)33(43(13,14)15)20-40(4,5)6)53-24-31(47)27-56-38(50)34(44(16,17)18)21-41(7,8)9/h29-35,45-47H,19-28H2,1-18H3. The van der Waals surface area contributed by atoms with Crippen LogP contribution in [0.15, 0.2) is 0 Å². The Hall–Kier alpha value is -1.83. The Labute approximate surface area is 340 Å². The minimum absolute atomic E-state index is 0.0968. The number of rotatable bonds is 22. The Morgan fingerprint density at radius 1 is 0.393 bits per heavy atom. The normalized spacial score (nSPS) is 17.3. The summed E-state index contributed by atoms with van der Waals surface area (Å²) < 4.78 is 33.7. The highest BCUT2D eigenvalue weighted by Crippen LogP contribution is 2.39. The van der Waals surface area contributed by atoms with Crippen molar-refractivity contribution in [1.29, 1.82) is 0 Å². The van der Waals surface area contributed by atoms with Gasteiger partial charge in [0.15, 0.2) is 6.29 Å². The topological polar surface area (TPSA) is 167 Å². The average molecular weight is 805 g/mol. The SMILES string of the molecule is CC(C)(C)CC(C(=O)OCC(O)COCC(OCC(O)COC(=O)C(CC(C)(C)C)C(C)(C)C)OCC(O)COC(=O)C(CC(C)(C)C)C(C)(C)C)C(C)(C)C. The van der Waals surface area contributed by atoms with Gasteiger partial charge in [0.25, 0.3) is 0 Å². The van der Waals surface area contributed by atoms with Crippen molar-refractivity contribution in [1.82, 2.24) is 0 Å². The summed E-state index contributed by atoms with van der Waals surface area (Å²) >= 11 is 0. The van der Waals surface area contributed by atoms with E-state index < -0.39 is 36.5 Å². The van der Waals surface area contributed by atoms with Gasteiger partial charge in [-0.25, -0.2) is 0 Å². The molecule has 0 aliphatic rings. The van der Waals surface area contributed by atoms with Crippen molar-refractivity contribution in [2.45, 2.75) is 168 Å². The largest absolute Gasteiger partial charge is 0.463 e. The van der Waals surface area contributed by atoms with Crippen molar-refractivity contribution in [3.63, 3.8) is 0 Å². The molecule has 6 unspecified atom stereocenters. The smallest absolute Gasteiger partial charge is 0.309 e. The Bertz CT molecular complexity index is 1100. The van der Waals surface area contributed by atoms with Crippen LogP contribution in [-0.4, -0.2) is 104 Å². The third kappa shape index (κ3) is 24.8. The molecule has 0 fully saturated rings. The lowest BCUT2D eigenvalue weighted by molar-refractivity contribution is -0.204. The fourth-order valence-electron chi connectivity index (χ4n) is 5.93. The third-order valence-corrected chi connectivity index (χ3v) is 9.21. The lowest BCUT2D eigenvalue weighted by Gasteiger charge is -2.34. The molecule has 0 radical (unpaired) electrons. The molecule has 56 heavy (non-hydrogen) atoms. The number of esters is 3. The van der Waals surface area contributed by atoms with Crippen molar-refractivity contribution < 1.29 is 58.1 Å². The minimum Gasteiger partial charge on any atom is -0.463 e. The van der Waals surface area contributed by atoms with Crippen molar-refractivity contribution in [3.8, 4) is 0 Å². The molecule has 0 amide bonds. The van der Waals surface area contributed by atoms with Crippen LogP contribution < -0.4 is 0 Å². The van der Waals surface area contributed by atoms with Gasteiger partial charge < -0.3 is 43.7 Å². The van der Waals surface area contributed by atoms with Gasteiger partial charge in [0.2, 0.25) is 0 Å². The van der Waals surface area contributed by atoms with Gasteiger partial charge in [0.1, 0.15) is 38.1 Å². The minimum atomic E-state index is -1.20. The van der Waals surface area contributed by atoms with Crippen LogP contribution in [0.1, 0.15) is 144 Å². The summed E-state index contributed by atoms with van der Waals surface area (Å²) in [7, 11) is 0. The summed E-state index contributed by atoms with van der Waals surface area (Å²) in [5, 5.41) is 32.0.